The van der Waals surface area contributed by atoms with Crippen molar-refractivity contribution in [1.29, 1.82) is 0 Å². The number of aromatic carboxylic acids is 1. The summed E-state index contributed by atoms with van der Waals surface area (Å²) in [6, 6.07) is 5.93. The highest BCUT2D eigenvalue weighted by molar-refractivity contribution is 14.1. The first-order valence-corrected chi connectivity index (χ1v) is 12.7. The number of benzene rings is 2. The van der Waals surface area contributed by atoms with Crippen LogP contribution in [-0.4, -0.2) is 66.5 Å². The average Bonchev–Trinajstić information content (AvgIpc) is 2.78. The second-order valence-corrected chi connectivity index (χ2v) is 11.0. The van der Waals surface area contributed by atoms with E-state index in [2.05, 4.69) is 27.9 Å². The molecule has 8 nitrogen and oxygen atoms in total. The van der Waals surface area contributed by atoms with Crippen molar-refractivity contribution in [1.82, 2.24) is 9.21 Å². The lowest BCUT2D eigenvalue weighted by Crippen LogP contribution is -2.51. The lowest BCUT2D eigenvalue weighted by molar-refractivity contribution is 0.0691. The van der Waals surface area contributed by atoms with Crippen molar-refractivity contribution in [2.45, 2.75) is 13.8 Å². The number of nitrogens with one attached hydrogen (secondary N) is 1. The fourth-order valence-corrected chi connectivity index (χ4v) is 5.23. The van der Waals surface area contributed by atoms with Crippen LogP contribution in [0.5, 0.6) is 0 Å². The van der Waals surface area contributed by atoms with E-state index in [1.807, 2.05) is 0 Å². The quantitative estimate of drug-likeness (QED) is 0.498. The summed E-state index contributed by atoms with van der Waals surface area (Å²) in [5.41, 5.74) is -0.814. The standard InChI is InChI=1S/C21H22F2IN3O5S/c1-3-33(31,32)27-8-6-26(7-9-27)20(28)14-11-15(21(29)30)19(18(23)17(14)22)25-16-5-4-13(24)10-12(16)2/h4-5,10-11,25H,3,6-9H2,1-2H3,(H,29,30). The van der Waals surface area contributed by atoms with Crippen LogP contribution in [0.3, 0.4) is 0 Å². The van der Waals surface area contributed by atoms with E-state index < -0.39 is 50.3 Å². The maximum absolute atomic E-state index is 15.0. The summed E-state index contributed by atoms with van der Waals surface area (Å²) in [7, 11) is -3.43. The van der Waals surface area contributed by atoms with E-state index in [0.29, 0.717) is 11.3 Å². The van der Waals surface area contributed by atoms with E-state index in [1.165, 1.54) is 16.1 Å². The third-order valence-corrected chi connectivity index (χ3v) is 7.95. The number of sulfonamides is 1. The largest absolute Gasteiger partial charge is 0.478 e. The molecule has 178 valence electrons. The average molecular weight is 593 g/mol. The van der Waals surface area contributed by atoms with Gasteiger partial charge in [-0.2, -0.15) is 4.31 Å². The van der Waals surface area contributed by atoms with Crippen LogP contribution in [0.2, 0.25) is 0 Å². The zero-order valence-electron chi connectivity index (χ0n) is 17.9. The molecule has 12 heteroatoms. The van der Waals surface area contributed by atoms with Crippen molar-refractivity contribution in [3.8, 4) is 0 Å². The second kappa shape index (κ2) is 9.89. The fraction of sp³-hybridized carbons (Fsp3) is 0.333. The summed E-state index contributed by atoms with van der Waals surface area (Å²) in [6.07, 6.45) is 0. The maximum Gasteiger partial charge on any atom is 0.337 e. The number of piperazine rings is 1. The zero-order chi connectivity index (χ0) is 24.5. The molecule has 1 aliphatic rings. The van der Waals surface area contributed by atoms with Crippen LogP contribution in [0, 0.1) is 22.1 Å². The summed E-state index contributed by atoms with van der Waals surface area (Å²) in [6.45, 7) is 3.22. The number of carbonyl (C=O) groups is 2. The number of hydrogen-bond donors (Lipinski definition) is 2. The molecule has 0 saturated carbocycles. The molecule has 2 N–H and O–H groups in total. The highest BCUT2D eigenvalue weighted by atomic mass is 127. The van der Waals surface area contributed by atoms with Crippen LogP contribution in [0.25, 0.3) is 0 Å². The van der Waals surface area contributed by atoms with Crippen LogP contribution in [0.15, 0.2) is 24.3 Å². The molecular weight excluding hydrogens is 571 g/mol. The molecule has 1 fully saturated rings. The Bertz CT molecular complexity index is 1210. The third-order valence-electron chi connectivity index (χ3n) is 5.40. The van der Waals surface area contributed by atoms with Gasteiger partial charge in [-0.25, -0.2) is 22.0 Å². The molecule has 1 aliphatic heterocycles. The topological polar surface area (TPSA) is 107 Å². The zero-order valence-corrected chi connectivity index (χ0v) is 20.8. The molecule has 0 unspecified atom stereocenters. The first-order chi connectivity index (χ1) is 15.5. The Morgan fingerprint density at radius 3 is 2.27 bits per heavy atom. The summed E-state index contributed by atoms with van der Waals surface area (Å²) in [4.78, 5) is 25.9. The van der Waals surface area contributed by atoms with Gasteiger partial charge in [0.15, 0.2) is 11.6 Å². The molecule has 0 spiro atoms. The SMILES string of the molecule is CCS(=O)(=O)N1CCN(C(=O)c2cc(C(=O)O)c(Nc3ccc(I)cc3C)c(F)c2F)CC1. The molecule has 0 aliphatic carbocycles. The van der Waals surface area contributed by atoms with Gasteiger partial charge < -0.3 is 15.3 Å². The number of amides is 1. The number of carboxylic acid groups (broad SMARTS) is 1. The van der Waals surface area contributed by atoms with Crippen molar-refractivity contribution in [3.05, 3.63) is 56.2 Å². The first kappa shape index (κ1) is 25.3. The van der Waals surface area contributed by atoms with Crippen LogP contribution in [0.1, 0.15) is 33.2 Å². The Kier molecular flexibility index (Phi) is 7.59. The number of carbonyl (C=O) groups excluding carboxylic acids is 1. The Hall–Kier alpha value is -2.32. The van der Waals surface area contributed by atoms with E-state index in [4.69, 9.17) is 0 Å². The minimum absolute atomic E-state index is 0.0174. The van der Waals surface area contributed by atoms with Crippen molar-refractivity contribution in [2.24, 2.45) is 0 Å². The van der Waals surface area contributed by atoms with Gasteiger partial charge >= 0.3 is 5.97 Å². The van der Waals surface area contributed by atoms with Crippen molar-refractivity contribution >= 4 is 55.9 Å². The summed E-state index contributed by atoms with van der Waals surface area (Å²) < 4.78 is 56.1. The molecule has 1 saturated heterocycles. The lowest BCUT2D eigenvalue weighted by Gasteiger charge is -2.34. The van der Waals surface area contributed by atoms with E-state index in [-0.39, 0.29) is 31.9 Å². The van der Waals surface area contributed by atoms with E-state index >= 15 is 4.39 Å². The maximum atomic E-state index is 15.0. The molecule has 33 heavy (non-hydrogen) atoms. The summed E-state index contributed by atoms with van der Waals surface area (Å²) >= 11 is 2.09. The van der Waals surface area contributed by atoms with Gasteiger partial charge in [0.2, 0.25) is 10.0 Å². The van der Waals surface area contributed by atoms with E-state index in [0.717, 1.165) is 9.64 Å². The predicted octanol–water partition coefficient (Wildman–Crippen LogP) is 3.43. The Morgan fingerprint density at radius 2 is 1.73 bits per heavy atom. The van der Waals surface area contributed by atoms with Gasteiger partial charge in [0.25, 0.3) is 5.91 Å². The number of carboxylic acids is 1. The fourth-order valence-electron chi connectivity index (χ4n) is 3.50. The Labute approximate surface area is 203 Å². The van der Waals surface area contributed by atoms with Gasteiger partial charge in [-0.3, -0.25) is 4.79 Å². The predicted molar refractivity (Wildman–Crippen MR) is 127 cm³/mol. The van der Waals surface area contributed by atoms with Gasteiger partial charge in [0.1, 0.15) is 0 Å². The third kappa shape index (κ3) is 5.27. The highest BCUT2D eigenvalue weighted by Crippen LogP contribution is 2.31. The van der Waals surface area contributed by atoms with E-state index in [9.17, 15) is 27.5 Å². The molecule has 1 heterocycles. The molecule has 2 aromatic carbocycles. The second-order valence-electron chi connectivity index (χ2n) is 7.46. The minimum atomic E-state index is -3.43. The van der Waals surface area contributed by atoms with E-state index in [1.54, 1.807) is 25.1 Å². The number of rotatable bonds is 6. The molecule has 0 atom stereocenters. The van der Waals surface area contributed by atoms with Crippen LogP contribution >= 0.6 is 22.6 Å². The highest BCUT2D eigenvalue weighted by Gasteiger charge is 2.32. The van der Waals surface area contributed by atoms with Gasteiger partial charge in [-0.1, -0.05) is 0 Å². The van der Waals surface area contributed by atoms with Crippen molar-refractivity contribution < 1.29 is 31.9 Å². The smallest absolute Gasteiger partial charge is 0.337 e. The monoisotopic (exact) mass is 593 g/mol. The molecule has 1 amide bonds. The number of hydrogen-bond acceptors (Lipinski definition) is 5. The van der Waals surface area contributed by atoms with Crippen molar-refractivity contribution in [3.63, 3.8) is 0 Å². The normalized spacial score (nSPS) is 14.9. The molecule has 0 aromatic heterocycles. The first-order valence-electron chi connectivity index (χ1n) is 10.0. The van der Waals surface area contributed by atoms with Gasteiger partial charge in [0.05, 0.1) is 22.6 Å². The summed E-state index contributed by atoms with van der Waals surface area (Å²) in [5.74, 6) is -5.48. The van der Waals surface area contributed by atoms with Crippen LogP contribution in [-0.2, 0) is 10.0 Å². The molecule has 0 radical (unpaired) electrons. The molecule has 2 aromatic rings. The Balaban J connectivity index is 1.93. The van der Waals surface area contributed by atoms with Crippen LogP contribution in [0.4, 0.5) is 20.2 Å². The van der Waals surface area contributed by atoms with Gasteiger partial charge in [-0.15, -0.1) is 0 Å². The number of halogens is 3. The van der Waals surface area contributed by atoms with Gasteiger partial charge in [-0.05, 0) is 66.3 Å². The minimum Gasteiger partial charge on any atom is -0.478 e. The molecule has 0 bridgehead atoms. The van der Waals surface area contributed by atoms with Crippen LogP contribution < -0.4 is 5.32 Å². The Morgan fingerprint density at radius 1 is 1.09 bits per heavy atom. The number of nitrogens with zero attached hydrogens (tertiary/aromatic N) is 2. The lowest BCUT2D eigenvalue weighted by atomic mass is 10.0. The number of anilines is 2. The van der Waals surface area contributed by atoms with Gasteiger partial charge in [0, 0.05) is 35.4 Å². The molecule has 3 rings (SSSR count). The molecular formula is C21H22F2IN3O5S. The summed E-state index contributed by atoms with van der Waals surface area (Å²) in [5, 5.41) is 12.2. The van der Waals surface area contributed by atoms with Crippen molar-refractivity contribution in [2.75, 3.05) is 37.2 Å². The number of aryl methyl sites for hydroxylation is 1.